The third-order valence-electron chi connectivity index (χ3n) is 15.1. The van der Waals surface area contributed by atoms with Crippen LogP contribution in [0.15, 0.2) is 105 Å². The van der Waals surface area contributed by atoms with Crippen molar-refractivity contribution in [3.63, 3.8) is 0 Å². The van der Waals surface area contributed by atoms with Crippen molar-refractivity contribution in [3.8, 4) is 0 Å². The maximum Gasteiger partial charge on any atom is 0.130 e. The van der Waals surface area contributed by atoms with Crippen molar-refractivity contribution in [1.82, 2.24) is 0 Å². The first kappa shape index (κ1) is 69.6. The van der Waals surface area contributed by atoms with Crippen LogP contribution < -0.4 is 0 Å². The highest BCUT2D eigenvalue weighted by atomic mass is 16.6. The summed E-state index contributed by atoms with van der Waals surface area (Å²) >= 11 is 0. The Labute approximate surface area is 462 Å². The summed E-state index contributed by atoms with van der Waals surface area (Å²) in [7, 11) is 0. The molecule has 0 spiro atoms. The van der Waals surface area contributed by atoms with E-state index in [-0.39, 0.29) is 34.2 Å². The molecule has 426 valence electrons. The Balaban J connectivity index is 0.000000562. The maximum atomic E-state index is 11.0. The van der Waals surface area contributed by atoms with Crippen LogP contribution in [0.5, 0.6) is 0 Å². The van der Waals surface area contributed by atoms with Gasteiger partial charge in [0.1, 0.15) is 17.3 Å². The first-order chi connectivity index (χ1) is 35.2. The molecule has 0 aromatic rings. The minimum Gasteiger partial charge on any atom is -0.367 e. The molecule has 6 nitrogen and oxygen atoms in total. The molecule has 0 aromatic heterocycles. The zero-order chi connectivity index (χ0) is 56.6. The van der Waals surface area contributed by atoms with Crippen molar-refractivity contribution in [2.45, 2.75) is 314 Å². The first-order valence-electron chi connectivity index (χ1n) is 29.5. The Hall–Kier alpha value is -3.45. The van der Waals surface area contributed by atoms with E-state index in [1.165, 1.54) is 50.2 Å². The van der Waals surface area contributed by atoms with Gasteiger partial charge in [0, 0.05) is 19.3 Å². The van der Waals surface area contributed by atoms with Crippen molar-refractivity contribution in [2.24, 2.45) is 0 Å². The summed E-state index contributed by atoms with van der Waals surface area (Å²) in [6, 6.07) is 0. The van der Waals surface area contributed by atoms with Crippen molar-refractivity contribution >= 4 is 17.3 Å². The Bertz CT molecular complexity index is 2020. The van der Waals surface area contributed by atoms with E-state index in [1.807, 2.05) is 0 Å². The number of rotatable bonds is 36. The molecule has 0 aliphatic carbocycles. The predicted molar refractivity (Wildman–Crippen MR) is 324 cm³/mol. The average Bonchev–Trinajstić information content (AvgIpc) is 4.25. The van der Waals surface area contributed by atoms with E-state index >= 15 is 0 Å². The number of carbonyl (C=O) groups is 3. The standard InChI is InChI=1S/3C23H38O2/c1-18(2)10-9-17-23(6)22(25-23)16-15-20(4)12-7-11-19(3)13-8-14-21(5)24;1-18(2)10-7-11-19(3)13-9-17-23(6)22(25-23)16-15-20(4)12-8-14-21(5)24;1-18(10-7-11-19(2)14-9-15-21(4)24)12-8-13-20(3)16-17-22-23(5,6)25-22/h2*10,12-13,22H,7-9,11,14-17H2,1-6H3;10,13-14,22H,7-9,11-12,15-17H2,1-6H3/b19-13?,20-12+;19-13+,20-12?;18-10+,19-14?,20-13+. The molecule has 3 saturated heterocycles. The smallest absolute Gasteiger partial charge is 0.130 e. The van der Waals surface area contributed by atoms with Crippen molar-refractivity contribution in [3.05, 3.63) is 105 Å². The largest absolute Gasteiger partial charge is 0.367 e. The maximum absolute atomic E-state index is 11.0. The zero-order valence-electron chi connectivity index (χ0n) is 51.8. The van der Waals surface area contributed by atoms with Crippen LogP contribution in [-0.4, -0.2) is 52.5 Å². The van der Waals surface area contributed by atoms with E-state index in [4.69, 9.17) is 14.2 Å². The van der Waals surface area contributed by atoms with Gasteiger partial charge in [-0.25, -0.2) is 0 Å². The van der Waals surface area contributed by atoms with E-state index in [2.05, 4.69) is 159 Å². The summed E-state index contributed by atoms with van der Waals surface area (Å²) in [5.74, 6) is 0.817. The van der Waals surface area contributed by atoms with Gasteiger partial charge in [0.25, 0.3) is 0 Å². The molecule has 6 heteroatoms. The van der Waals surface area contributed by atoms with Crippen molar-refractivity contribution < 1.29 is 28.6 Å². The fourth-order valence-electron chi connectivity index (χ4n) is 9.33. The topological polar surface area (TPSA) is 88.8 Å². The second-order valence-corrected chi connectivity index (χ2v) is 24.5. The van der Waals surface area contributed by atoms with Gasteiger partial charge in [-0.3, -0.25) is 0 Å². The summed E-state index contributed by atoms with van der Waals surface area (Å²) in [4.78, 5) is 32.8. The number of allylic oxidation sites excluding steroid dienone is 18. The minimum atomic E-state index is 0.0797. The van der Waals surface area contributed by atoms with Crippen molar-refractivity contribution in [2.75, 3.05) is 0 Å². The van der Waals surface area contributed by atoms with Crippen LogP contribution >= 0.6 is 0 Å². The minimum absolute atomic E-state index is 0.0797. The lowest BCUT2D eigenvalue weighted by molar-refractivity contribution is -0.117. The summed E-state index contributed by atoms with van der Waals surface area (Å²) in [6.07, 6.45) is 46.9. The SMILES string of the molecule is CC(=O)CCC=C(C)CC/C=C(\C)CC/C=C(\C)CCC1OC1(C)C.CC(=O)CCC=C(C)CC/C=C(\C)CCC1OC1(C)CCC=C(C)C.CC(=O)CCC=C(C)CCC1OC1(C)CC/C=C(\C)CCC=C(C)C. The lowest BCUT2D eigenvalue weighted by Crippen LogP contribution is -2.09. The normalized spacial score (nSPS) is 22.6. The molecule has 0 amide bonds. The van der Waals surface area contributed by atoms with E-state index in [9.17, 15) is 14.4 Å². The highest BCUT2D eigenvalue weighted by Gasteiger charge is 2.51. The van der Waals surface area contributed by atoms with Crippen LogP contribution in [0.2, 0.25) is 0 Å². The third kappa shape index (κ3) is 37.1. The summed E-state index contributed by atoms with van der Waals surface area (Å²) < 4.78 is 17.6. The molecule has 0 bridgehead atoms. The lowest BCUT2D eigenvalue weighted by Gasteiger charge is -2.06. The van der Waals surface area contributed by atoms with Gasteiger partial charge < -0.3 is 28.6 Å². The average molecular weight is 1040 g/mol. The third-order valence-corrected chi connectivity index (χ3v) is 15.1. The van der Waals surface area contributed by atoms with Crippen molar-refractivity contribution in [1.29, 1.82) is 0 Å². The van der Waals surface area contributed by atoms with Gasteiger partial charge in [0.15, 0.2) is 0 Å². The fraction of sp³-hybridized carbons (Fsp3) is 0.696. The Kier molecular flexibility index (Phi) is 34.7. The first-order valence-corrected chi connectivity index (χ1v) is 29.5. The van der Waals surface area contributed by atoms with Crippen LogP contribution in [0, 0.1) is 0 Å². The Morgan fingerprint density at radius 1 is 0.307 bits per heavy atom. The molecular weight excluding hydrogens is 925 g/mol. The summed E-state index contributed by atoms with van der Waals surface area (Å²) in [6.45, 7) is 37.9. The monoisotopic (exact) mass is 1040 g/mol. The summed E-state index contributed by atoms with van der Waals surface area (Å²) in [5.41, 5.74) is 13.2. The van der Waals surface area contributed by atoms with Gasteiger partial charge in [0.05, 0.1) is 35.1 Å². The molecule has 0 N–H and O–H groups in total. The van der Waals surface area contributed by atoms with Crippen LogP contribution in [0.1, 0.15) is 279 Å². The van der Waals surface area contributed by atoms with Gasteiger partial charge in [-0.1, -0.05) is 105 Å². The molecule has 3 aliphatic rings. The van der Waals surface area contributed by atoms with Crippen LogP contribution in [-0.2, 0) is 28.6 Å². The summed E-state index contributed by atoms with van der Waals surface area (Å²) in [5, 5.41) is 0. The second kappa shape index (κ2) is 37.4. The van der Waals surface area contributed by atoms with Gasteiger partial charge >= 0.3 is 0 Å². The van der Waals surface area contributed by atoms with E-state index < -0.39 is 0 Å². The molecule has 5 atom stereocenters. The van der Waals surface area contributed by atoms with Gasteiger partial charge in [-0.2, -0.15) is 0 Å². The molecule has 0 saturated carbocycles. The molecule has 0 radical (unpaired) electrons. The molecular formula is C69H114O6. The van der Waals surface area contributed by atoms with Gasteiger partial charge in [0.2, 0.25) is 0 Å². The van der Waals surface area contributed by atoms with E-state index in [0.717, 1.165) is 135 Å². The highest BCUT2D eigenvalue weighted by Crippen LogP contribution is 2.45. The second-order valence-electron chi connectivity index (χ2n) is 24.5. The molecule has 5 unspecified atom stereocenters. The number of epoxide rings is 3. The molecule has 3 rings (SSSR count). The Morgan fingerprint density at radius 2 is 0.533 bits per heavy atom. The molecule has 3 aliphatic heterocycles. The Morgan fingerprint density at radius 3 is 0.813 bits per heavy atom. The van der Waals surface area contributed by atoms with Crippen LogP contribution in [0.25, 0.3) is 0 Å². The number of ketones is 3. The molecule has 0 aromatic carbocycles. The highest BCUT2D eigenvalue weighted by molar-refractivity contribution is 5.76. The van der Waals surface area contributed by atoms with Gasteiger partial charge in [-0.15, -0.1) is 0 Å². The quantitative estimate of drug-likeness (QED) is 0.0459. The lowest BCUT2D eigenvalue weighted by atomic mass is 9.96. The number of Topliss-reactive ketones (excluding diaryl/α,β-unsaturated/α-hetero) is 3. The van der Waals surface area contributed by atoms with E-state index in [0.29, 0.717) is 37.6 Å². The number of hydrogen-bond donors (Lipinski definition) is 0. The fourth-order valence-corrected chi connectivity index (χ4v) is 9.33. The molecule has 3 heterocycles. The van der Waals surface area contributed by atoms with Gasteiger partial charge in [-0.05, 0) is 259 Å². The van der Waals surface area contributed by atoms with E-state index in [1.54, 1.807) is 20.8 Å². The number of hydrogen-bond acceptors (Lipinski definition) is 6. The predicted octanol–water partition coefficient (Wildman–Crippen LogP) is 20.1. The van der Waals surface area contributed by atoms with Crippen LogP contribution in [0.3, 0.4) is 0 Å². The number of ether oxygens (including phenoxy) is 3. The molecule has 75 heavy (non-hydrogen) atoms. The van der Waals surface area contributed by atoms with Crippen LogP contribution in [0.4, 0.5) is 0 Å². The molecule has 3 fully saturated rings. The zero-order valence-corrected chi connectivity index (χ0v) is 51.8. The number of carbonyl (C=O) groups excluding carboxylic acids is 3.